The summed E-state index contributed by atoms with van der Waals surface area (Å²) < 4.78 is 1.67. The number of hydrogen-bond donors (Lipinski definition) is 0. The SMILES string of the molecule is CCc1nn(C)cc1C(=O)C1CC(C(C)C)CCC1=O. The van der Waals surface area contributed by atoms with Gasteiger partial charge in [-0.2, -0.15) is 5.10 Å². The zero-order valence-electron chi connectivity index (χ0n) is 12.8. The van der Waals surface area contributed by atoms with Crippen molar-refractivity contribution in [1.29, 1.82) is 0 Å². The fourth-order valence-electron chi connectivity index (χ4n) is 3.10. The number of aromatic nitrogens is 2. The summed E-state index contributed by atoms with van der Waals surface area (Å²) >= 11 is 0. The van der Waals surface area contributed by atoms with Crippen LogP contribution in [0, 0.1) is 17.8 Å². The van der Waals surface area contributed by atoms with Crippen molar-refractivity contribution in [3.05, 3.63) is 17.5 Å². The van der Waals surface area contributed by atoms with Crippen molar-refractivity contribution in [1.82, 2.24) is 9.78 Å². The predicted molar refractivity (Wildman–Crippen MR) is 77.6 cm³/mol. The van der Waals surface area contributed by atoms with Gasteiger partial charge >= 0.3 is 0 Å². The van der Waals surface area contributed by atoms with Gasteiger partial charge in [0.2, 0.25) is 0 Å². The molecule has 2 atom stereocenters. The van der Waals surface area contributed by atoms with Gasteiger partial charge in [-0.1, -0.05) is 20.8 Å². The number of aryl methyl sites for hydroxylation is 2. The van der Waals surface area contributed by atoms with Crippen molar-refractivity contribution in [3.63, 3.8) is 0 Å². The number of nitrogens with zero attached hydrogens (tertiary/aromatic N) is 2. The molecule has 1 heterocycles. The molecule has 110 valence electrons. The van der Waals surface area contributed by atoms with Crippen LogP contribution >= 0.6 is 0 Å². The highest BCUT2D eigenvalue weighted by Crippen LogP contribution is 2.33. The quantitative estimate of drug-likeness (QED) is 0.627. The van der Waals surface area contributed by atoms with E-state index in [4.69, 9.17) is 0 Å². The van der Waals surface area contributed by atoms with Gasteiger partial charge in [-0.15, -0.1) is 0 Å². The molecule has 20 heavy (non-hydrogen) atoms. The second-order valence-electron chi connectivity index (χ2n) is 6.18. The summed E-state index contributed by atoms with van der Waals surface area (Å²) in [5.41, 5.74) is 1.44. The lowest BCUT2D eigenvalue weighted by atomic mass is 9.73. The van der Waals surface area contributed by atoms with E-state index in [1.54, 1.807) is 10.9 Å². The topological polar surface area (TPSA) is 52.0 Å². The average molecular weight is 276 g/mol. The van der Waals surface area contributed by atoms with E-state index in [2.05, 4.69) is 18.9 Å². The van der Waals surface area contributed by atoms with Crippen LogP contribution in [0.2, 0.25) is 0 Å². The van der Waals surface area contributed by atoms with Gasteiger partial charge in [0.15, 0.2) is 5.78 Å². The fraction of sp³-hybridized carbons (Fsp3) is 0.688. The van der Waals surface area contributed by atoms with Crippen LogP contribution in [-0.4, -0.2) is 21.3 Å². The van der Waals surface area contributed by atoms with Gasteiger partial charge in [-0.25, -0.2) is 0 Å². The van der Waals surface area contributed by atoms with Gasteiger partial charge < -0.3 is 0 Å². The molecule has 0 spiro atoms. The maximum atomic E-state index is 12.7. The van der Waals surface area contributed by atoms with Gasteiger partial charge in [-0.05, 0) is 31.1 Å². The lowest BCUT2D eigenvalue weighted by Gasteiger charge is -2.29. The first-order valence-electron chi connectivity index (χ1n) is 7.53. The zero-order valence-corrected chi connectivity index (χ0v) is 12.8. The normalized spacial score (nSPS) is 23.4. The molecular formula is C16H24N2O2. The van der Waals surface area contributed by atoms with Crippen LogP contribution in [0.4, 0.5) is 0 Å². The molecule has 1 saturated carbocycles. The molecule has 4 heteroatoms. The van der Waals surface area contributed by atoms with Crippen molar-refractivity contribution >= 4 is 11.6 Å². The highest BCUT2D eigenvalue weighted by molar-refractivity contribution is 6.11. The number of hydrogen-bond acceptors (Lipinski definition) is 3. The molecule has 0 saturated heterocycles. The predicted octanol–water partition coefficient (Wildman–Crippen LogP) is 2.81. The molecule has 1 aromatic heterocycles. The van der Waals surface area contributed by atoms with Crippen LogP contribution in [0.25, 0.3) is 0 Å². The van der Waals surface area contributed by atoms with Crippen LogP contribution in [0.3, 0.4) is 0 Å². The van der Waals surface area contributed by atoms with E-state index in [0.29, 0.717) is 30.2 Å². The Morgan fingerprint density at radius 2 is 2.20 bits per heavy atom. The summed E-state index contributed by atoms with van der Waals surface area (Å²) in [6.45, 7) is 6.33. The Morgan fingerprint density at radius 3 is 2.80 bits per heavy atom. The zero-order chi connectivity index (χ0) is 14.9. The van der Waals surface area contributed by atoms with E-state index in [9.17, 15) is 9.59 Å². The van der Waals surface area contributed by atoms with E-state index in [1.165, 1.54) is 0 Å². The molecule has 0 radical (unpaired) electrons. The number of ketones is 2. The molecule has 0 bridgehead atoms. The van der Waals surface area contributed by atoms with Crippen LogP contribution in [-0.2, 0) is 18.3 Å². The van der Waals surface area contributed by atoms with E-state index in [0.717, 1.165) is 18.5 Å². The second kappa shape index (κ2) is 5.90. The summed E-state index contributed by atoms with van der Waals surface area (Å²) in [6.07, 6.45) is 4.65. The van der Waals surface area contributed by atoms with Crippen molar-refractivity contribution < 1.29 is 9.59 Å². The van der Waals surface area contributed by atoms with E-state index < -0.39 is 5.92 Å². The maximum absolute atomic E-state index is 12.7. The summed E-state index contributed by atoms with van der Waals surface area (Å²) in [5.74, 6) is 0.634. The summed E-state index contributed by atoms with van der Waals surface area (Å²) in [5, 5.41) is 4.31. The van der Waals surface area contributed by atoms with Crippen molar-refractivity contribution in [2.45, 2.75) is 46.5 Å². The van der Waals surface area contributed by atoms with Crippen molar-refractivity contribution in [2.75, 3.05) is 0 Å². The van der Waals surface area contributed by atoms with Crippen LogP contribution in [0.1, 0.15) is 56.1 Å². The summed E-state index contributed by atoms with van der Waals surface area (Å²) in [6, 6.07) is 0. The standard InChI is InChI=1S/C16H24N2O2/c1-5-14-13(9-18(4)17-14)16(20)12-8-11(10(2)3)6-7-15(12)19/h9-12H,5-8H2,1-4H3. The number of rotatable bonds is 4. The molecule has 1 aliphatic rings. The Hall–Kier alpha value is -1.45. The van der Waals surface area contributed by atoms with Crippen LogP contribution in [0.5, 0.6) is 0 Å². The van der Waals surface area contributed by atoms with Gasteiger partial charge in [0.05, 0.1) is 17.2 Å². The summed E-state index contributed by atoms with van der Waals surface area (Å²) in [4.78, 5) is 24.8. The third kappa shape index (κ3) is 2.84. The Bertz CT molecular complexity index is 517. The Balaban J connectivity index is 2.24. The molecule has 1 aliphatic carbocycles. The molecule has 4 nitrogen and oxygen atoms in total. The Kier molecular flexibility index (Phi) is 4.41. The van der Waals surface area contributed by atoms with Crippen LogP contribution in [0.15, 0.2) is 6.20 Å². The third-order valence-corrected chi connectivity index (χ3v) is 4.45. The largest absolute Gasteiger partial charge is 0.299 e. The summed E-state index contributed by atoms with van der Waals surface area (Å²) in [7, 11) is 1.82. The van der Waals surface area contributed by atoms with Crippen LogP contribution < -0.4 is 0 Å². The molecule has 0 N–H and O–H groups in total. The number of carbonyl (C=O) groups excluding carboxylic acids is 2. The minimum Gasteiger partial charge on any atom is -0.299 e. The minimum atomic E-state index is -0.453. The highest BCUT2D eigenvalue weighted by Gasteiger charge is 2.36. The Labute approximate surface area is 120 Å². The first-order chi connectivity index (χ1) is 9.43. The maximum Gasteiger partial charge on any atom is 0.176 e. The van der Waals surface area contributed by atoms with Gasteiger partial charge in [0.1, 0.15) is 5.78 Å². The molecular weight excluding hydrogens is 252 g/mol. The van der Waals surface area contributed by atoms with Crippen molar-refractivity contribution in [3.8, 4) is 0 Å². The number of carbonyl (C=O) groups is 2. The lowest BCUT2D eigenvalue weighted by Crippen LogP contribution is -2.33. The monoisotopic (exact) mass is 276 g/mol. The molecule has 1 aromatic rings. The molecule has 2 rings (SSSR count). The average Bonchev–Trinajstić information content (AvgIpc) is 2.79. The van der Waals surface area contributed by atoms with Gasteiger partial charge in [-0.3, -0.25) is 14.3 Å². The lowest BCUT2D eigenvalue weighted by molar-refractivity contribution is -0.124. The third-order valence-electron chi connectivity index (χ3n) is 4.45. The molecule has 0 aromatic carbocycles. The van der Waals surface area contributed by atoms with E-state index in [-0.39, 0.29) is 11.6 Å². The Morgan fingerprint density at radius 1 is 1.50 bits per heavy atom. The molecule has 0 amide bonds. The first-order valence-corrected chi connectivity index (χ1v) is 7.53. The fourth-order valence-corrected chi connectivity index (χ4v) is 3.10. The molecule has 1 fully saturated rings. The highest BCUT2D eigenvalue weighted by atomic mass is 16.2. The first kappa shape index (κ1) is 14.9. The second-order valence-corrected chi connectivity index (χ2v) is 6.18. The minimum absolute atomic E-state index is 0.0229. The van der Waals surface area contributed by atoms with Gasteiger partial charge in [0, 0.05) is 19.7 Å². The smallest absolute Gasteiger partial charge is 0.176 e. The molecule has 2 unspecified atom stereocenters. The van der Waals surface area contributed by atoms with Crippen molar-refractivity contribution in [2.24, 2.45) is 24.8 Å². The number of Topliss-reactive ketones (excluding diaryl/α,β-unsaturated/α-hetero) is 2. The molecule has 0 aliphatic heterocycles. The van der Waals surface area contributed by atoms with E-state index in [1.807, 2.05) is 14.0 Å². The van der Waals surface area contributed by atoms with E-state index >= 15 is 0 Å². The van der Waals surface area contributed by atoms with Gasteiger partial charge in [0.25, 0.3) is 0 Å².